The molecule has 0 bridgehead atoms. The first kappa shape index (κ1) is 9.51. The van der Waals surface area contributed by atoms with Crippen LogP contribution in [-0.2, 0) is 4.79 Å². The number of carbonyl (C=O) groups excluding carboxylic acids is 1. The number of amides is 1. The maximum absolute atomic E-state index is 12.8. The number of rotatable bonds is 2. The molecule has 0 aromatic carbocycles. The quantitative estimate of drug-likeness (QED) is 0.711. The fourth-order valence-corrected chi connectivity index (χ4v) is 2.44. The van der Waals surface area contributed by atoms with E-state index in [-0.39, 0.29) is 24.9 Å². The molecule has 2 atom stereocenters. The van der Waals surface area contributed by atoms with E-state index in [9.17, 15) is 13.6 Å². The first-order valence-corrected chi connectivity index (χ1v) is 5.42. The van der Waals surface area contributed by atoms with Crippen molar-refractivity contribution in [3.8, 4) is 0 Å². The molecule has 5 heteroatoms. The van der Waals surface area contributed by atoms with E-state index in [0.29, 0.717) is 5.41 Å². The van der Waals surface area contributed by atoms with Gasteiger partial charge in [0.05, 0.1) is 12.6 Å². The Morgan fingerprint density at radius 2 is 2.07 bits per heavy atom. The average Bonchev–Trinajstić information content (AvgIpc) is 3.02. The molecular weight excluding hydrogens is 202 g/mol. The lowest BCUT2D eigenvalue weighted by molar-refractivity contribution is -0.123. The predicted molar refractivity (Wildman–Crippen MR) is 49.6 cm³/mol. The molecule has 0 radical (unpaired) electrons. The molecule has 1 spiro atoms. The van der Waals surface area contributed by atoms with E-state index >= 15 is 0 Å². The first-order chi connectivity index (χ1) is 7.01. The summed E-state index contributed by atoms with van der Waals surface area (Å²) in [5.41, 5.74) is 0.386. The van der Waals surface area contributed by atoms with Crippen molar-refractivity contribution in [2.45, 2.75) is 43.7 Å². The number of halogens is 2. The molecule has 1 heterocycles. The molecule has 84 valence electrons. The smallest absolute Gasteiger partial charge is 0.262 e. The summed E-state index contributed by atoms with van der Waals surface area (Å²) in [7, 11) is 0. The first-order valence-electron chi connectivity index (χ1n) is 5.42. The zero-order valence-electron chi connectivity index (χ0n) is 8.35. The minimum Gasteiger partial charge on any atom is -0.351 e. The van der Waals surface area contributed by atoms with Crippen molar-refractivity contribution in [2.24, 2.45) is 5.41 Å². The van der Waals surface area contributed by atoms with Crippen molar-refractivity contribution in [3.05, 3.63) is 0 Å². The topological polar surface area (TPSA) is 41.1 Å². The molecule has 2 saturated carbocycles. The molecule has 2 N–H and O–H groups in total. The monoisotopic (exact) mass is 216 g/mol. The third-order valence-corrected chi connectivity index (χ3v) is 3.82. The van der Waals surface area contributed by atoms with Gasteiger partial charge in [0.25, 0.3) is 5.92 Å². The number of nitrogens with one attached hydrogen (secondary N) is 2. The molecule has 15 heavy (non-hydrogen) atoms. The van der Waals surface area contributed by atoms with Crippen LogP contribution in [0.3, 0.4) is 0 Å². The predicted octanol–water partition coefficient (Wildman–Crippen LogP) is 0.652. The lowest BCUT2D eigenvalue weighted by Crippen LogP contribution is -2.41. The minimum atomic E-state index is -2.72. The van der Waals surface area contributed by atoms with Gasteiger partial charge < -0.3 is 5.32 Å². The second-order valence-corrected chi connectivity index (χ2v) is 5.12. The van der Waals surface area contributed by atoms with Gasteiger partial charge in [-0.1, -0.05) is 0 Å². The van der Waals surface area contributed by atoms with Crippen LogP contribution in [0.2, 0.25) is 0 Å². The van der Waals surface area contributed by atoms with Crippen molar-refractivity contribution in [2.75, 3.05) is 6.54 Å². The Labute approximate surface area is 86.6 Å². The lowest BCUT2D eigenvalue weighted by atomic mass is 10.2. The van der Waals surface area contributed by atoms with E-state index in [1.807, 2.05) is 0 Å². The second-order valence-electron chi connectivity index (χ2n) is 5.12. The molecule has 3 fully saturated rings. The van der Waals surface area contributed by atoms with Crippen LogP contribution >= 0.6 is 0 Å². The summed E-state index contributed by atoms with van der Waals surface area (Å²) in [6, 6.07) is -0.433. The highest BCUT2D eigenvalue weighted by molar-refractivity contribution is 5.83. The Kier molecular flexibility index (Phi) is 1.71. The van der Waals surface area contributed by atoms with Gasteiger partial charge in [-0.2, -0.15) is 0 Å². The van der Waals surface area contributed by atoms with Crippen molar-refractivity contribution in [1.82, 2.24) is 10.6 Å². The van der Waals surface area contributed by atoms with E-state index in [0.717, 1.165) is 6.42 Å². The Bertz CT molecular complexity index is 315. The number of hydrogen-bond donors (Lipinski definition) is 2. The van der Waals surface area contributed by atoms with E-state index in [4.69, 9.17) is 0 Å². The van der Waals surface area contributed by atoms with Crippen LogP contribution in [-0.4, -0.2) is 30.5 Å². The highest BCUT2D eigenvalue weighted by atomic mass is 19.3. The summed E-state index contributed by atoms with van der Waals surface area (Å²) in [5.74, 6) is -2.97. The number of carbonyl (C=O) groups is 1. The van der Waals surface area contributed by atoms with Gasteiger partial charge in [-0.05, 0) is 24.7 Å². The maximum Gasteiger partial charge on any atom is 0.262 e. The van der Waals surface area contributed by atoms with Gasteiger partial charge in [0.2, 0.25) is 5.91 Å². The molecule has 0 aromatic heterocycles. The third kappa shape index (κ3) is 1.62. The Balaban J connectivity index is 1.53. The van der Waals surface area contributed by atoms with E-state index in [1.165, 1.54) is 12.8 Å². The third-order valence-electron chi connectivity index (χ3n) is 3.82. The van der Waals surface area contributed by atoms with Gasteiger partial charge >= 0.3 is 0 Å². The van der Waals surface area contributed by atoms with Crippen molar-refractivity contribution in [1.29, 1.82) is 0 Å². The molecule has 1 saturated heterocycles. The molecule has 3 aliphatic rings. The molecular formula is C10H14F2N2O. The van der Waals surface area contributed by atoms with Gasteiger partial charge in [0, 0.05) is 12.5 Å². The molecule has 2 unspecified atom stereocenters. The summed E-state index contributed by atoms with van der Waals surface area (Å²) in [4.78, 5) is 11.6. The van der Waals surface area contributed by atoms with Gasteiger partial charge in [0.15, 0.2) is 0 Å². The minimum absolute atomic E-state index is 0.249. The zero-order chi connectivity index (χ0) is 10.7. The highest BCUT2D eigenvalue weighted by Crippen LogP contribution is 2.65. The standard InChI is InChI=1S/C10H14F2N2O/c11-10(12)3-6(13-5-10)8(15)14-7-4-9(7)1-2-9/h6-7,13H,1-5H2,(H,14,15). The van der Waals surface area contributed by atoms with Crippen LogP contribution < -0.4 is 10.6 Å². The fourth-order valence-electron chi connectivity index (χ4n) is 2.44. The summed E-state index contributed by atoms with van der Waals surface area (Å²) in [5, 5.41) is 5.42. The molecule has 1 aliphatic heterocycles. The van der Waals surface area contributed by atoms with Crippen LogP contribution in [0.15, 0.2) is 0 Å². The van der Waals surface area contributed by atoms with Gasteiger partial charge in [-0.25, -0.2) is 8.78 Å². The van der Waals surface area contributed by atoms with E-state index < -0.39 is 12.0 Å². The molecule has 1 amide bonds. The number of hydrogen-bond acceptors (Lipinski definition) is 2. The molecule has 3 rings (SSSR count). The Morgan fingerprint density at radius 3 is 2.53 bits per heavy atom. The summed E-state index contributed by atoms with van der Waals surface area (Å²) in [6.45, 7) is -0.374. The second kappa shape index (κ2) is 2.70. The van der Waals surface area contributed by atoms with Crippen LogP contribution in [0, 0.1) is 5.41 Å². The summed E-state index contributed by atoms with van der Waals surface area (Å²) >= 11 is 0. The van der Waals surface area contributed by atoms with Crippen molar-refractivity contribution in [3.63, 3.8) is 0 Å². The van der Waals surface area contributed by atoms with Gasteiger partial charge in [-0.3, -0.25) is 10.1 Å². The van der Waals surface area contributed by atoms with Crippen LogP contribution in [0.4, 0.5) is 8.78 Å². The summed E-state index contributed by atoms with van der Waals surface area (Å²) < 4.78 is 25.7. The van der Waals surface area contributed by atoms with Gasteiger partial charge in [0.1, 0.15) is 0 Å². The normalized spacial score (nSPS) is 39.1. The SMILES string of the molecule is O=C(NC1CC12CC2)C1CC(F)(F)CN1. The lowest BCUT2D eigenvalue weighted by Gasteiger charge is -2.10. The zero-order valence-corrected chi connectivity index (χ0v) is 8.35. The van der Waals surface area contributed by atoms with E-state index in [2.05, 4.69) is 10.6 Å². The fraction of sp³-hybridized carbons (Fsp3) is 0.900. The van der Waals surface area contributed by atoms with Crippen molar-refractivity contribution < 1.29 is 13.6 Å². The average molecular weight is 216 g/mol. The van der Waals surface area contributed by atoms with Crippen LogP contribution in [0.1, 0.15) is 25.7 Å². The number of alkyl halides is 2. The van der Waals surface area contributed by atoms with Crippen LogP contribution in [0.25, 0.3) is 0 Å². The maximum atomic E-state index is 12.8. The Morgan fingerprint density at radius 1 is 1.33 bits per heavy atom. The van der Waals surface area contributed by atoms with E-state index in [1.54, 1.807) is 0 Å². The molecule has 2 aliphatic carbocycles. The van der Waals surface area contributed by atoms with Crippen molar-refractivity contribution >= 4 is 5.91 Å². The molecule has 3 nitrogen and oxygen atoms in total. The molecule has 0 aromatic rings. The largest absolute Gasteiger partial charge is 0.351 e. The van der Waals surface area contributed by atoms with Gasteiger partial charge in [-0.15, -0.1) is 0 Å². The summed E-state index contributed by atoms with van der Waals surface area (Å²) in [6.07, 6.45) is 3.05. The highest BCUT2D eigenvalue weighted by Gasteiger charge is 2.63. The van der Waals surface area contributed by atoms with Crippen LogP contribution in [0.5, 0.6) is 0 Å². The Hall–Kier alpha value is -0.710.